The molecule has 0 radical (unpaired) electrons. The maximum Gasteiger partial charge on any atom is 0.128 e. The maximum atomic E-state index is 6.82. The molecule has 2 aliphatic rings. The minimum Gasteiger partial charge on any atom is -0.359 e. The molecule has 1 atom stereocenters. The van der Waals surface area contributed by atoms with Crippen molar-refractivity contribution in [2.75, 3.05) is 0 Å². The van der Waals surface area contributed by atoms with E-state index in [9.17, 15) is 0 Å². The zero-order valence-electron chi connectivity index (χ0n) is 18.0. The highest BCUT2D eigenvalue weighted by Gasteiger charge is 2.44. The average Bonchev–Trinajstić information content (AvgIpc) is 2.91. The van der Waals surface area contributed by atoms with Crippen LogP contribution < -0.4 is 0 Å². The van der Waals surface area contributed by atoms with Gasteiger partial charge < -0.3 is 4.74 Å². The first-order chi connectivity index (χ1) is 11.7. The van der Waals surface area contributed by atoms with E-state index in [-0.39, 0.29) is 20.7 Å². The molecule has 0 saturated heterocycles. The number of hydrogen-bond acceptors (Lipinski definition) is 3. The molecule has 146 valence electrons. The minimum atomic E-state index is -0.370. The Hall–Kier alpha value is -0.380. The molecule has 0 fully saturated rings. The Morgan fingerprint density at radius 3 is 1.96 bits per heavy atom. The van der Waals surface area contributed by atoms with Gasteiger partial charge >= 0.3 is 0 Å². The fourth-order valence-corrected chi connectivity index (χ4v) is 5.59. The molecule has 0 N–H and O–H groups in total. The third-order valence-corrected chi connectivity index (χ3v) is 6.23. The number of rotatable bonds is 4. The van der Waals surface area contributed by atoms with E-state index in [2.05, 4.69) is 92.7 Å². The van der Waals surface area contributed by atoms with Gasteiger partial charge in [-0.25, -0.2) is 0 Å². The van der Waals surface area contributed by atoms with Gasteiger partial charge in [0.1, 0.15) is 5.60 Å². The van der Waals surface area contributed by atoms with Gasteiger partial charge in [-0.2, -0.15) is 0 Å². The lowest BCUT2D eigenvalue weighted by Crippen LogP contribution is -2.43. The highest BCUT2D eigenvalue weighted by Crippen LogP contribution is 2.52. The predicted octanol–water partition coefficient (Wildman–Crippen LogP) is 7.66. The summed E-state index contributed by atoms with van der Waals surface area (Å²) in [7, 11) is 0. The lowest BCUT2D eigenvalue weighted by atomic mass is 9.86. The minimum absolute atomic E-state index is 0.135. The van der Waals surface area contributed by atoms with Crippen LogP contribution in [-0.2, 0) is 4.74 Å². The zero-order chi connectivity index (χ0) is 19.8. The molecule has 0 aliphatic heterocycles. The molecule has 1 nitrogen and oxygen atoms in total. The van der Waals surface area contributed by atoms with Crippen LogP contribution in [-0.4, -0.2) is 20.7 Å². The Kier molecular flexibility index (Phi) is 6.37. The number of thioether (sulfide) groups is 2. The molecular weight excluding hydrogens is 356 g/mol. The van der Waals surface area contributed by atoms with Crippen molar-refractivity contribution in [2.45, 2.75) is 95.9 Å². The summed E-state index contributed by atoms with van der Waals surface area (Å²) in [6.07, 6.45) is 13.5. The molecule has 1 unspecified atom stereocenters. The number of ether oxygens (including phenoxy) is 1. The molecule has 26 heavy (non-hydrogen) atoms. The molecule has 3 heteroatoms. The molecule has 2 rings (SSSR count). The Morgan fingerprint density at radius 1 is 0.885 bits per heavy atom. The lowest BCUT2D eigenvalue weighted by molar-refractivity contribution is -0.0847. The van der Waals surface area contributed by atoms with Crippen molar-refractivity contribution >= 4 is 23.5 Å². The van der Waals surface area contributed by atoms with Gasteiger partial charge in [0.15, 0.2) is 0 Å². The molecule has 0 aromatic heterocycles. The van der Waals surface area contributed by atoms with E-state index in [1.54, 1.807) is 0 Å². The molecule has 0 amide bonds. The van der Waals surface area contributed by atoms with Crippen molar-refractivity contribution in [1.29, 1.82) is 0 Å². The van der Waals surface area contributed by atoms with Gasteiger partial charge in [-0.15, -0.1) is 23.5 Å². The number of allylic oxidation sites excluding steroid dienone is 3. The lowest BCUT2D eigenvalue weighted by Gasteiger charge is -2.44. The molecular formula is C23H36OS2. The van der Waals surface area contributed by atoms with E-state index in [0.29, 0.717) is 0 Å². The molecule has 0 spiro atoms. The Bertz CT molecular complexity index is 645. The fraction of sp³-hybridized carbons (Fsp3) is 0.652. The molecule has 0 bridgehead atoms. The Labute approximate surface area is 169 Å². The van der Waals surface area contributed by atoms with E-state index >= 15 is 0 Å². The molecule has 0 saturated carbocycles. The van der Waals surface area contributed by atoms with Crippen molar-refractivity contribution in [3.63, 3.8) is 0 Å². The van der Waals surface area contributed by atoms with Gasteiger partial charge in [-0.3, -0.25) is 0 Å². The van der Waals surface area contributed by atoms with Gasteiger partial charge in [-0.05, 0) is 38.8 Å². The highest BCUT2D eigenvalue weighted by atomic mass is 32.2. The summed E-state index contributed by atoms with van der Waals surface area (Å²) in [5, 5.41) is 0. The second kappa shape index (κ2) is 7.56. The van der Waals surface area contributed by atoms with Crippen molar-refractivity contribution in [3.05, 3.63) is 45.8 Å². The monoisotopic (exact) mass is 392 g/mol. The zero-order valence-corrected chi connectivity index (χ0v) is 19.7. The fourth-order valence-electron chi connectivity index (χ4n) is 3.21. The topological polar surface area (TPSA) is 9.23 Å². The first kappa shape index (κ1) is 21.9. The third kappa shape index (κ3) is 6.07. The largest absolute Gasteiger partial charge is 0.359 e. The van der Waals surface area contributed by atoms with Crippen molar-refractivity contribution in [1.82, 2.24) is 0 Å². The molecule has 0 heterocycles. The van der Waals surface area contributed by atoms with E-state index in [1.165, 1.54) is 15.4 Å². The summed E-state index contributed by atoms with van der Waals surface area (Å²) >= 11 is 3.90. The number of hydrogen-bond donors (Lipinski definition) is 0. The van der Waals surface area contributed by atoms with E-state index in [1.807, 2.05) is 23.5 Å². The second-order valence-electron chi connectivity index (χ2n) is 10.1. The highest BCUT2D eigenvalue weighted by molar-refractivity contribution is 8.05. The van der Waals surface area contributed by atoms with Crippen LogP contribution in [0.4, 0.5) is 0 Å². The van der Waals surface area contributed by atoms with Crippen LogP contribution in [0.1, 0.15) is 75.2 Å². The predicted molar refractivity (Wildman–Crippen MR) is 121 cm³/mol. The van der Waals surface area contributed by atoms with E-state index < -0.39 is 0 Å². The van der Waals surface area contributed by atoms with Crippen LogP contribution in [0.5, 0.6) is 0 Å². The van der Waals surface area contributed by atoms with Crippen LogP contribution in [0.3, 0.4) is 0 Å². The van der Waals surface area contributed by atoms with Crippen molar-refractivity contribution in [3.8, 4) is 0 Å². The van der Waals surface area contributed by atoms with Crippen LogP contribution in [0, 0.1) is 0 Å². The van der Waals surface area contributed by atoms with Crippen molar-refractivity contribution < 1.29 is 4.74 Å². The van der Waals surface area contributed by atoms with Gasteiger partial charge in [-0.1, -0.05) is 65.8 Å². The normalized spacial score (nSPS) is 24.4. The van der Waals surface area contributed by atoms with Crippen molar-refractivity contribution in [2.24, 2.45) is 0 Å². The summed E-state index contributed by atoms with van der Waals surface area (Å²) in [6.45, 7) is 20.2. The quantitative estimate of drug-likeness (QED) is 0.486. The second-order valence-corrected chi connectivity index (χ2v) is 13.9. The SMILES string of the molecule is CC(C)(C)OC1(C2=CCC=C2)CC=C(SC(C)(C)C)C=C1SC(C)(C)C. The van der Waals surface area contributed by atoms with E-state index in [0.717, 1.165) is 12.8 Å². The first-order valence-electron chi connectivity index (χ1n) is 9.58. The maximum absolute atomic E-state index is 6.82. The summed E-state index contributed by atoms with van der Waals surface area (Å²) in [6, 6.07) is 0. The summed E-state index contributed by atoms with van der Waals surface area (Å²) in [5.74, 6) is 0. The standard InChI is InChI=1S/C23H36OS2/c1-20(2,3)24-23(17-12-10-11-13-17)15-14-18(25-21(4,5)6)16-19(23)26-22(7,8)9/h10,12-14,16H,11,15H2,1-9H3. The van der Waals surface area contributed by atoms with Gasteiger partial charge in [0.2, 0.25) is 0 Å². The van der Waals surface area contributed by atoms with Crippen LogP contribution >= 0.6 is 23.5 Å². The third-order valence-electron chi connectivity index (χ3n) is 3.82. The summed E-state index contributed by atoms with van der Waals surface area (Å²) in [5.41, 5.74) is 0.731. The van der Waals surface area contributed by atoms with Gasteiger partial charge in [0, 0.05) is 25.7 Å². The Morgan fingerprint density at radius 2 is 1.50 bits per heavy atom. The molecule has 0 aromatic rings. The summed E-state index contributed by atoms with van der Waals surface area (Å²) in [4.78, 5) is 2.70. The summed E-state index contributed by atoms with van der Waals surface area (Å²) < 4.78 is 7.17. The van der Waals surface area contributed by atoms with Crippen LogP contribution in [0.2, 0.25) is 0 Å². The molecule has 0 aromatic carbocycles. The molecule has 2 aliphatic carbocycles. The van der Waals surface area contributed by atoms with Crippen LogP contribution in [0.25, 0.3) is 0 Å². The first-order valence-corrected chi connectivity index (χ1v) is 11.2. The average molecular weight is 393 g/mol. The van der Waals surface area contributed by atoms with Gasteiger partial charge in [0.05, 0.1) is 5.60 Å². The Balaban J connectivity index is 2.51. The van der Waals surface area contributed by atoms with Gasteiger partial charge in [0.25, 0.3) is 0 Å². The van der Waals surface area contributed by atoms with Crippen LogP contribution in [0.15, 0.2) is 45.8 Å². The van der Waals surface area contributed by atoms with E-state index in [4.69, 9.17) is 4.74 Å². The smallest absolute Gasteiger partial charge is 0.128 e.